The Bertz CT molecular complexity index is 495. The fourth-order valence-electron chi connectivity index (χ4n) is 0.943. The van der Waals surface area contributed by atoms with E-state index in [-0.39, 0.29) is 10.3 Å². The van der Waals surface area contributed by atoms with Crippen LogP contribution in [0, 0.1) is 0 Å². The van der Waals surface area contributed by atoms with Gasteiger partial charge in [-0.2, -0.15) is 0 Å². The van der Waals surface area contributed by atoms with Crippen LogP contribution in [0.3, 0.4) is 0 Å². The van der Waals surface area contributed by atoms with E-state index in [0.717, 1.165) is 11.8 Å². The molecule has 0 unspecified atom stereocenters. The summed E-state index contributed by atoms with van der Waals surface area (Å²) < 4.78 is 30.6. The van der Waals surface area contributed by atoms with E-state index in [1.54, 1.807) is 24.3 Å². The number of hydrogen-bond donors (Lipinski definition) is 0. The van der Waals surface area contributed by atoms with Gasteiger partial charge in [-0.15, -0.1) is 4.40 Å². The molecule has 0 radical (unpaired) electrons. The van der Waals surface area contributed by atoms with Gasteiger partial charge in [-0.3, -0.25) is 0 Å². The van der Waals surface area contributed by atoms with E-state index in [1.165, 1.54) is 0 Å². The van der Waals surface area contributed by atoms with Crippen LogP contribution in [0.15, 0.2) is 28.7 Å². The first-order chi connectivity index (χ1) is 7.05. The molecule has 0 saturated carbocycles. The average Bonchev–Trinajstić information content (AvgIpc) is 2.50. The van der Waals surface area contributed by atoms with Crippen LogP contribution in [0.2, 0.25) is 5.02 Å². The minimum Gasteiger partial charge on any atom is -0.433 e. The zero-order chi connectivity index (χ0) is 10.9. The molecular formula is C8H6ClNO3S2. The third-order valence-electron chi connectivity index (χ3n) is 1.56. The first-order valence-electron chi connectivity index (χ1n) is 3.94. The minimum absolute atomic E-state index is 0.0596. The van der Waals surface area contributed by atoms with Crippen LogP contribution in [0.1, 0.15) is 0 Å². The second-order valence-electron chi connectivity index (χ2n) is 2.76. The van der Waals surface area contributed by atoms with Crippen LogP contribution in [0.4, 0.5) is 0 Å². The molecule has 0 saturated heterocycles. The Kier molecular flexibility index (Phi) is 2.90. The number of ether oxygens (including phenoxy) is 1. The predicted molar refractivity (Wildman–Crippen MR) is 60.9 cm³/mol. The summed E-state index contributed by atoms with van der Waals surface area (Å²) in [7, 11) is -3.32. The van der Waals surface area contributed by atoms with Gasteiger partial charge in [0.25, 0.3) is 15.3 Å². The van der Waals surface area contributed by atoms with Gasteiger partial charge in [0.05, 0.1) is 0 Å². The molecule has 0 aromatic heterocycles. The zero-order valence-electron chi connectivity index (χ0n) is 7.38. The molecule has 0 fully saturated rings. The Labute approximate surface area is 96.4 Å². The molecule has 15 heavy (non-hydrogen) atoms. The van der Waals surface area contributed by atoms with E-state index in [1.807, 2.05) is 0 Å². The SMILES string of the molecule is O=S1(=O)CSC(Oc2ccc(Cl)cc2)=N1. The molecule has 0 amide bonds. The molecule has 2 rings (SSSR count). The summed E-state index contributed by atoms with van der Waals surface area (Å²) in [5, 5.41) is 0.684. The van der Waals surface area contributed by atoms with E-state index in [9.17, 15) is 8.42 Å². The highest BCUT2D eigenvalue weighted by Gasteiger charge is 2.22. The fourth-order valence-corrected chi connectivity index (χ4v) is 3.25. The van der Waals surface area contributed by atoms with Crippen LogP contribution < -0.4 is 4.74 Å². The molecule has 0 aliphatic carbocycles. The first kappa shape index (κ1) is 10.8. The zero-order valence-corrected chi connectivity index (χ0v) is 9.77. The Morgan fingerprint density at radius 2 is 2.00 bits per heavy atom. The molecule has 7 heteroatoms. The lowest BCUT2D eigenvalue weighted by atomic mass is 10.3. The number of halogens is 1. The van der Waals surface area contributed by atoms with Crippen LogP contribution >= 0.6 is 23.4 Å². The lowest BCUT2D eigenvalue weighted by molar-refractivity contribution is 0.566. The summed E-state index contributed by atoms with van der Waals surface area (Å²) in [4.78, 5) is 0. The second-order valence-corrected chi connectivity index (χ2v) is 6.12. The van der Waals surface area contributed by atoms with Crippen LogP contribution in [0.5, 0.6) is 5.75 Å². The molecule has 0 spiro atoms. The molecule has 1 aromatic carbocycles. The van der Waals surface area contributed by atoms with E-state index in [0.29, 0.717) is 10.8 Å². The molecule has 80 valence electrons. The van der Waals surface area contributed by atoms with Crippen molar-refractivity contribution in [2.75, 3.05) is 5.08 Å². The molecular weight excluding hydrogens is 258 g/mol. The van der Waals surface area contributed by atoms with Gasteiger partial charge in [0.15, 0.2) is 0 Å². The van der Waals surface area contributed by atoms with E-state index < -0.39 is 10.0 Å². The maximum Gasteiger partial charge on any atom is 0.268 e. The van der Waals surface area contributed by atoms with E-state index >= 15 is 0 Å². The molecule has 1 aliphatic rings. The molecule has 4 nitrogen and oxygen atoms in total. The Morgan fingerprint density at radius 3 is 2.53 bits per heavy atom. The fraction of sp³-hybridized carbons (Fsp3) is 0.125. The van der Waals surface area contributed by atoms with Crippen LogP contribution in [-0.4, -0.2) is 18.7 Å². The number of thioether (sulfide) groups is 1. The molecule has 1 aromatic rings. The smallest absolute Gasteiger partial charge is 0.268 e. The van der Waals surface area contributed by atoms with Gasteiger partial charge in [-0.05, 0) is 36.0 Å². The third kappa shape index (κ3) is 2.87. The topological polar surface area (TPSA) is 55.7 Å². The third-order valence-corrected chi connectivity index (χ3v) is 4.46. The van der Waals surface area contributed by atoms with E-state index in [4.69, 9.17) is 16.3 Å². The highest BCUT2D eigenvalue weighted by molar-refractivity contribution is 8.24. The summed E-state index contributed by atoms with van der Waals surface area (Å²) in [5.74, 6) is 0.516. The van der Waals surface area contributed by atoms with Gasteiger partial charge in [-0.1, -0.05) is 11.6 Å². The van der Waals surface area contributed by atoms with Crippen LogP contribution in [0.25, 0.3) is 0 Å². The van der Waals surface area contributed by atoms with Crippen molar-refractivity contribution in [3.8, 4) is 5.75 Å². The van der Waals surface area contributed by atoms with Crippen molar-refractivity contribution in [1.29, 1.82) is 0 Å². The second kappa shape index (κ2) is 4.03. The maximum atomic E-state index is 11.0. The standard InChI is InChI=1S/C8H6ClNO3S2/c9-6-1-3-7(4-2-6)13-8-10-15(11,12)5-14-8/h1-4H,5H2. The highest BCUT2D eigenvalue weighted by atomic mass is 35.5. The normalized spacial score (nSPS) is 18.6. The van der Waals surface area contributed by atoms with Gasteiger partial charge < -0.3 is 4.74 Å². The first-order valence-corrected chi connectivity index (χ1v) is 6.91. The summed E-state index contributed by atoms with van der Waals surface area (Å²) in [6.07, 6.45) is 0. The van der Waals surface area contributed by atoms with Gasteiger partial charge in [0, 0.05) is 5.02 Å². The number of benzene rings is 1. The van der Waals surface area contributed by atoms with E-state index in [2.05, 4.69) is 4.40 Å². The van der Waals surface area contributed by atoms with Gasteiger partial charge in [0.2, 0.25) is 0 Å². The monoisotopic (exact) mass is 263 g/mol. The van der Waals surface area contributed by atoms with Crippen molar-refractivity contribution < 1.29 is 13.2 Å². The Morgan fingerprint density at radius 1 is 1.33 bits per heavy atom. The van der Waals surface area contributed by atoms with Crippen molar-refractivity contribution in [2.45, 2.75) is 0 Å². The number of hydrogen-bond acceptors (Lipinski definition) is 4. The summed E-state index contributed by atoms with van der Waals surface area (Å²) in [6.45, 7) is 0. The summed E-state index contributed by atoms with van der Waals surface area (Å²) in [5.41, 5.74) is 0. The van der Waals surface area contributed by atoms with Gasteiger partial charge >= 0.3 is 0 Å². The lowest BCUT2D eigenvalue weighted by Crippen LogP contribution is -1.99. The Balaban J connectivity index is 2.14. The number of rotatable bonds is 1. The Hall–Kier alpha value is -0.720. The molecule has 0 N–H and O–H groups in total. The van der Waals surface area contributed by atoms with Crippen molar-refractivity contribution in [1.82, 2.24) is 0 Å². The van der Waals surface area contributed by atoms with Crippen molar-refractivity contribution in [3.63, 3.8) is 0 Å². The maximum absolute atomic E-state index is 11.0. The van der Waals surface area contributed by atoms with Gasteiger partial charge in [-0.25, -0.2) is 8.42 Å². The minimum atomic E-state index is -3.32. The summed E-state index contributed by atoms with van der Waals surface area (Å²) in [6, 6.07) is 6.61. The quantitative estimate of drug-likeness (QED) is 0.779. The number of sulfonamides is 1. The molecule has 1 heterocycles. The highest BCUT2D eigenvalue weighted by Crippen LogP contribution is 2.23. The van der Waals surface area contributed by atoms with Crippen LogP contribution in [-0.2, 0) is 10.0 Å². The number of nitrogens with zero attached hydrogens (tertiary/aromatic N) is 1. The molecule has 0 bridgehead atoms. The van der Waals surface area contributed by atoms with Crippen molar-refractivity contribution in [2.24, 2.45) is 4.40 Å². The lowest BCUT2D eigenvalue weighted by Gasteiger charge is -2.01. The largest absolute Gasteiger partial charge is 0.433 e. The van der Waals surface area contributed by atoms with Crippen molar-refractivity contribution in [3.05, 3.63) is 29.3 Å². The van der Waals surface area contributed by atoms with Crippen molar-refractivity contribution >= 4 is 38.6 Å². The average molecular weight is 264 g/mol. The predicted octanol–water partition coefficient (Wildman–Crippen LogP) is 2.11. The molecule has 1 aliphatic heterocycles. The molecule has 0 atom stereocenters. The van der Waals surface area contributed by atoms with Gasteiger partial charge in [0.1, 0.15) is 10.8 Å². The summed E-state index contributed by atoms with van der Waals surface area (Å²) >= 11 is 6.74.